The second kappa shape index (κ2) is 11.8. The van der Waals surface area contributed by atoms with E-state index in [1.165, 1.54) is 0 Å². The molecule has 2 aromatic carbocycles. The maximum atomic E-state index is 12.5. The van der Waals surface area contributed by atoms with E-state index in [2.05, 4.69) is 9.88 Å². The number of benzene rings is 2. The molecular formula is C30H29Cl2FN2O2. The molecule has 1 fully saturated rings. The lowest BCUT2D eigenvalue weighted by atomic mass is 9.88. The molecule has 1 saturated heterocycles. The van der Waals surface area contributed by atoms with Gasteiger partial charge in [-0.1, -0.05) is 41.4 Å². The number of pyridine rings is 1. The number of carbonyl (C=O) groups excluding carboxylic acids is 1. The lowest BCUT2D eigenvalue weighted by Gasteiger charge is -2.18. The van der Waals surface area contributed by atoms with Crippen LogP contribution in [0.5, 0.6) is 5.88 Å². The first kappa shape index (κ1) is 25.9. The molecule has 1 aromatic heterocycles. The number of aromatic nitrogens is 1. The molecule has 5 rings (SSSR count). The summed E-state index contributed by atoms with van der Waals surface area (Å²) in [6, 6.07) is 15.4. The lowest BCUT2D eigenvalue weighted by molar-refractivity contribution is 0.112. The molecule has 2 heterocycles. The number of carbonyl (C=O) groups is 1. The van der Waals surface area contributed by atoms with E-state index in [1.807, 2.05) is 48.7 Å². The Bertz CT molecular complexity index is 1310. The molecule has 4 nitrogen and oxygen atoms in total. The van der Waals surface area contributed by atoms with Crippen LogP contribution in [0.3, 0.4) is 0 Å². The standard InChI is InChI=1S/C30H29Cl2FN2O2/c31-23-7-9-26(28(32)16-23)27-4-1-3-21-15-20(19-36)5-8-25(21)30(27)22-6-10-29(34-17-22)37-24-11-14-35(18-24)13-2-12-33/h5-10,15-17,19,24H,1-4,11-14,18H2. The minimum absolute atomic E-state index is 0.0565. The molecule has 37 heavy (non-hydrogen) atoms. The summed E-state index contributed by atoms with van der Waals surface area (Å²) in [6.07, 6.45) is 6.90. The van der Waals surface area contributed by atoms with Crippen LogP contribution < -0.4 is 4.74 Å². The fourth-order valence-electron chi connectivity index (χ4n) is 5.36. The quantitative estimate of drug-likeness (QED) is 0.282. The summed E-state index contributed by atoms with van der Waals surface area (Å²) in [7, 11) is 0. The van der Waals surface area contributed by atoms with Gasteiger partial charge >= 0.3 is 0 Å². The van der Waals surface area contributed by atoms with Gasteiger partial charge in [-0.05, 0) is 84.2 Å². The van der Waals surface area contributed by atoms with Gasteiger partial charge in [-0.25, -0.2) is 4.98 Å². The van der Waals surface area contributed by atoms with Gasteiger partial charge in [0.25, 0.3) is 0 Å². The molecule has 2 aliphatic rings. The van der Waals surface area contributed by atoms with Gasteiger partial charge in [0.05, 0.1) is 6.67 Å². The van der Waals surface area contributed by atoms with Gasteiger partial charge in [0, 0.05) is 53.1 Å². The average molecular weight is 539 g/mol. The Kier molecular flexibility index (Phi) is 8.23. The summed E-state index contributed by atoms with van der Waals surface area (Å²) < 4.78 is 18.7. The summed E-state index contributed by atoms with van der Waals surface area (Å²) >= 11 is 12.9. The summed E-state index contributed by atoms with van der Waals surface area (Å²) in [5.41, 5.74) is 7.00. The monoisotopic (exact) mass is 538 g/mol. The van der Waals surface area contributed by atoms with Crippen molar-refractivity contribution < 1.29 is 13.9 Å². The Hall–Kier alpha value is -2.73. The Balaban J connectivity index is 1.50. The Morgan fingerprint density at radius 1 is 1.08 bits per heavy atom. The fourth-order valence-corrected chi connectivity index (χ4v) is 5.89. The molecule has 1 aliphatic carbocycles. The van der Waals surface area contributed by atoms with Crippen LogP contribution in [-0.4, -0.2) is 48.6 Å². The Labute approximate surface area is 227 Å². The fraction of sp³-hybridized carbons (Fsp3) is 0.333. The van der Waals surface area contributed by atoms with Crippen LogP contribution in [0.2, 0.25) is 10.0 Å². The number of aldehydes is 1. The second-order valence-corrected chi connectivity index (χ2v) is 10.5. The third-order valence-corrected chi connectivity index (χ3v) is 7.66. The molecule has 0 N–H and O–H groups in total. The predicted octanol–water partition coefficient (Wildman–Crippen LogP) is 7.31. The summed E-state index contributed by atoms with van der Waals surface area (Å²) in [6.45, 7) is 2.18. The van der Waals surface area contributed by atoms with E-state index >= 15 is 0 Å². The van der Waals surface area contributed by atoms with Crippen LogP contribution in [0.4, 0.5) is 4.39 Å². The van der Waals surface area contributed by atoms with Crippen molar-refractivity contribution in [3.63, 3.8) is 0 Å². The van der Waals surface area contributed by atoms with Crippen LogP contribution in [-0.2, 0) is 6.42 Å². The molecule has 3 aromatic rings. The maximum absolute atomic E-state index is 12.5. The van der Waals surface area contributed by atoms with Gasteiger partial charge in [0.15, 0.2) is 0 Å². The number of fused-ring (bicyclic) bond motifs is 1. The third-order valence-electron chi connectivity index (χ3n) is 7.12. The molecule has 0 amide bonds. The van der Waals surface area contributed by atoms with Crippen LogP contribution in [0.1, 0.15) is 58.3 Å². The van der Waals surface area contributed by atoms with Gasteiger partial charge in [0.1, 0.15) is 12.4 Å². The molecule has 0 radical (unpaired) electrons. The highest BCUT2D eigenvalue weighted by molar-refractivity contribution is 6.36. The first-order valence-corrected chi connectivity index (χ1v) is 13.5. The van der Waals surface area contributed by atoms with E-state index in [1.54, 1.807) is 6.07 Å². The van der Waals surface area contributed by atoms with E-state index in [0.29, 0.717) is 27.9 Å². The third kappa shape index (κ3) is 5.90. The zero-order valence-electron chi connectivity index (χ0n) is 20.6. The van der Waals surface area contributed by atoms with Crippen LogP contribution in [0.15, 0.2) is 54.7 Å². The molecule has 1 aliphatic heterocycles. The minimum atomic E-state index is -0.288. The van der Waals surface area contributed by atoms with Crippen LogP contribution in [0.25, 0.3) is 11.1 Å². The average Bonchev–Trinajstić information content (AvgIpc) is 3.26. The first-order valence-electron chi connectivity index (χ1n) is 12.7. The molecule has 7 heteroatoms. The number of aryl methyl sites for hydroxylation is 1. The number of allylic oxidation sites excluding steroid dienone is 1. The topological polar surface area (TPSA) is 42.4 Å². The number of nitrogens with zero attached hydrogens (tertiary/aromatic N) is 2. The largest absolute Gasteiger partial charge is 0.473 e. The van der Waals surface area contributed by atoms with Crippen molar-refractivity contribution in [2.75, 3.05) is 26.3 Å². The van der Waals surface area contributed by atoms with Crippen molar-refractivity contribution in [3.8, 4) is 5.88 Å². The van der Waals surface area contributed by atoms with Gasteiger partial charge in [-0.15, -0.1) is 0 Å². The molecule has 0 spiro atoms. The smallest absolute Gasteiger partial charge is 0.213 e. The van der Waals surface area contributed by atoms with Crippen LogP contribution in [0, 0.1) is 0 Å². The van der Waals surface area contributed by atoms with Gasteiger partial charge in [-0.2, -0.15) is 0 Å². The summed E-state index contributed by atoms with van der Waals surface area (Å²) in [4.78, 5) is 18.4. The van der Waals surface area contributed by atoms with Gasteiger partial charge < -0.3 is 4.74 Å². The zero-order valence-corrected chi connectivity index (χ0v) is 22.1. The lowest BCUT2D eigenvalue weighted by Crippen LogP contribution is -2.26. The van der Waals surface area contributed by atoms with Crippen LogP contribution >= 0.6 is 23.2 Å². The van der Waals surface area contributed by atoms with E-state index in [9.17, 15) is 9.18 Å². The SMILES string of the molecule is O=Cc1ccc2c(c1)CCCC(c1ccc(Cl)cc1Cl)=C2c1ccc(OC2CCN(CCCF)C2)nc1. The van der Waals surface area contributed by atoms with Crippen molar-refractivity contribution in [2.24, 2.45) is 0 Å². The van der Waals surface area contributed by atoms with Crippen molar-refractivity contribution >= 4 is 40.6 Å². The van der Waals surface area contributed by atoms with E-state index < -0.39 is 0 Å². The van der Waals surface area contributed by atoms with Gasteiger partial charge in [-0.3, -0.25) is 14.1 Å². The highest BCUT2D eigenvalue weighted by Crippen LogP contribution is 2.42. The van der Waals surface area contributed by atoms with E-state index in [0.717, 1.165) is 85.0 Å². The summed E-state index contributed by atoms with van der Waals surface area (Å²) in [5.74, 6) is 0.581. The highest BCUT2D eigenvalue weighted by Gasteiger charge is 2.25. The number of hydrogen-bond donors (Lipinski definition) is 0. The molecule has 0 bridgehead atoms. The summed E-state index contributed by atoms with van der Waals surface area (Å²) in [5, 5.41) is 1.21. The predicted molar refractivity (Wildman–Crippen MR) is 147 cm³/mol. The van der Waals surface area contributed by atoms with Gasteiger partial charge in [0.2, 0.25) is 5.88 Å². The number of alkyl halides is 1. The minimum Gasteiger partial charge on any atom is -0.473 e. The molecule has 192 valence electrons. The molecular weight excluding hydrogens is 510 g/mol. The van der Waals surface area contributed by atoms with Crippen molar-refractivity contribution in [2.45, 2.75) is 38.2 Å². The second-order valence-electron chi connectivity index (χ2n) is 9.62. The molecule has 1 unspecified atom stereocenters. The normalized spacial score (nSPS) is 18.0. The molecule has 0 saturated carbocycles. The van der Waals surface area contributed by atoms with Crippen molar-refractivity contribution in [3.05, 3.63) is 92.6 Å². The van der Waals surface area contributed by atoms with Crippen molar-refractivity contribution in [1.29, 1.82) is 0 Å². The molecule has 1 atom stereocenters. The Morgan fingerprint density at radius 2 is 1.95 bits per heavy atom. The highest BCUT2D eigenvalue weighted by atomic mass is 35.5. The zero-order chi connectivity index (χ0) is 25.8. The number of ether oxygens (including phenoxy) is 1. The number of hydrogen-bond acceptors (Lipinski definition) is 4. The number of likely N-dealkylation sites (tertiary alicyclic amines) is 1. The maximum Gasteiger partial charge on any atom is 0.213 e. The van der Waals surface area contributed by atoms with E-state index in [4.69, 9.17) is 27.9 Å². The Morgan fingerprint density at radius 3 is 2.70 bits per heavy atom. The van der Waals surface area contributed by atoms with E-state index in [-0.39, 0.29) is 12.8 Å². The number of rotatable bonds is 8. The first-order chi connectivity index (χ1) is 18.1. The van der Waals surface area contributed by atoms with Crippen molar-refractivity contribution in [1.82, 2.24) is 9.88 Å². The number of halogens is 3.